The molecule has 1 aromatic rings. The first-order valence-electron chi connectivity index (χ1n) is 6.09. The van der Waals surface area contributed by atoms with Crippen molar-refractivity contribution in [2.24, 2.45) is 5.14 Å². The van der Waals surface area contributed by atoms with Gasteiger partial charge in [0, 0.05) is 36.6 Å². The summed E-state index contributed by atoms with van der Waals surface area (Å²) in [5.41, 5.74) is 1.16. The van der Waals surface area contributed by atoms with E-state index >= 15 is 0 Å². The maximum Gasteiger partial charge on any atom is 0.273 e. The maximum absolute atomic E-state index is 10.8. The summed E-state index contributed by atoms with van der Waals surface area (Å²) >= 11 is 0. The molecule has 0 aliphatic carbocycles. The van der Waals surface area contributed by atoms with E-state index < -0.39 is 14.9 Å². The van der Waals surface area contributed by atoms with Crippen LogP contribution in [0.1, 0.15) is 13.3 Å². The first-order chi connectivity index (χ1) is 9.31. The Balaban J connectivity index is 2.71. The van der Waals surface area contributed by atoms with Crippen molar-refractivity contribution in [2.75, 3.05) is 29.5 Å². The molecule has 0 radical (unpaired) electrons. The summed E-state index contributed by atoms with van der Waals surface area (Å²) in [6, 6.07) is 4.57. The van der Waals surface area contributed by atoms with E-state index in [0.29, 0.717) is 30.9 Å². The van der Waals surface area contributed by atoms with Crippen molar-refractivity contribution in [1.29, 1.82) is 0 Å². The molecule has 0 atom stereocenters. The van der Waals surface area contributed by atoms with Crippen molar-refractivity contribution in [3.8, 4) is 0 Å². The lowest BCUT2D eigenvalue weighted by Gasteiger charge is -2.09. The number of hydrogen-bond acceptors (Lipinski definition) is 6. The van der Waals surface area contributed by atoms with Crippen LogP contribution in [0, 0.1) is 10.1 Å². The predicted octanol–water partition coefficient (Wildman–Crippen LogP) is 1.12. The molecule has 0 spiro atoms. The molecule has 0 saturated heterocycles. The minimum absolute atomic E-state index is 0.0302. The number of non-ortho nitro benzene ring substituents is 1. The fourth-order valence-electron chi connectivity index (χ4n) is 1.63. The molecule has 0 amide bonds. The zero-order valence-corrected chi connectivity index (χ0v) is 11.9. The highest BCUT2D eigenvalue weighted by Crippen LogP contribution is 2.24. The highest BCUT2D eigenvalue weighted by molar-refractivity contribution is 7.89. The van der Waals surface area contributed by atoms with E-state index in [1.54, 1.807) is 6.07 Å². The lowest BCUT2D eigenvalue weighted by atomic mass is 10.2. The van der Waals surface area contributed by atoms with Crippen molar-refractivity contribution in [3.63, 3.8) is 0 Å². The number of sulfonamides is 1. The number of benzene rings is 1. The fraction of sp³-hybridized carbons (Fsp3) is 0.455. The number of anilines is 2. The van der Waals surface area contributed by atoms with Crippen LogP contribution in [0.5, 0.6) is 0 Å². The van der Waals surface area contributed by atoms with E-state index in [0.717, 1.165) is 0 Å². The third-order valence-electron chi connectivity index (χ3n) is 2.44. The number of nitrogens with zero attached hydrogens (tertiary/aromatic N) is 1. The normalized spacial score (nSPS) is 11.1. The number of nitro groups is 1. The predicted molar refractivity (Wildman–Crippen MR) is 78.3 cm³/mol. The van der Waals surface area contributed by atoms with Gasteiger partial charge in [0.1, 0.15) is 0 Å². The first-order valence-corrected chi connectivity index (χ1v) is 7.81. The summed E-state index contributed by atoms with van der Waals surface area (Å²) < 4.78 is 21.6. The molecular weight excluding hydrogens is 284 g/mol. The first kappa shape index (κ1) is 16.2. The van der Waals surface area contributed by atoms with Crippen LogP contribution in [0.25, 0.3) is 0 Å². The summed E-state index contributed by atoms with van der Waals surface area (Å²) in [4.78, 5) is 10.3. The summed E-state index contributed by atoms with van der Waals surface area (Å²) in [6.45, 7) is 2.90. The molecule has 0 heterocycles. The average Bonchev–Trinajstić information content (AvgIpc) is 2.33. The topological polar surface area (TPSA) is 127 Å². The monoisotopic (exact) mass is 302 g/mol. The van der Waals surface area contributed by atoms with E-state index in [-0.39, 0.29) is 11.4 Å². The van der Waals surface area contributed by atoms with Crippen LogP contribution in [-0.2, 0) is 10.0 Å². The zero-order valence-electron chi connectivity index (χ0n) is 11.1. The van der Waals surface area contributed by atoms with Gasteiger partial charge in [-0.15, -0.1) is 0 Å². The van der Waals surface area contributed by atoms with E-state index in [1.165, 1.54) is 12.1 Å². The molecule has 1 aromatic carbocycles. The number of hydrogen-bond donors (Lipinski definition) is 3. The maximum atomic E-state index is 10.8. The molecule has 0 bridgehead atoms. The second-order valence-corrected chi connectivity index (χ2v) is 5.94. The molecular formula is C11H18N4O4S. The van der Waals surface area contributed by atoms with E-state index in [2.05, 4.69) is 10.6 Å². The Bertz CT molecular complexity index is 574. The van der Waals surface area contributed by atoms with Crippen molar-refractivity contribution >= 4 is 27.1 Å². The Hall–Kier alpha value is -1.87. The minimum Gasteiger partial charge on any atom is -0.385 e. The molecule has 0 saturated carbocycles. The molecule has 0 fully saturated rings. The summed E-state index contributed by atoms with van der Waals surface area (Å²) in [7, 11) is -3.48. The van der Waals surface area contributed by atoms with Crippen molar-refractivity contribution in [1.82, 2.24) is 0 Å². The van der Waals surface area contributed by atoms with E-state index in [9.17, 15) is 18.5 Å². The quantitative estimate of drug-likeness (QED) is 0.375. The van der Waals surface area contributed by atoms with Gasteiger partial charge in [-0.25, -0.2) is 13.6 Å². The van der Waals surface area contributed by atoms with Gasteiger partial charge in [0.05, 0.1) is 10.7 Å². The third kappa shape index (κ3) is 5.85. The Morgan fingerprint density at radius 1 is 1.25 bits per heavy atom. The molecule has 112 valence electrons. The van der Waals surface area contributed by atoms with Crippen LogP contribution >= 0.6 is 0 Å². The Labute approximate surface area is 117 Å². The van der Waals surface area contributed by atoms with Crippen LogP contribution in [-0.4, -0.2) is 32.2 Å². The molecule has 1 rings (SSSR count). The Morgan fingerprint density at radius 2 is 1.85 bits per heavy atom. The van der Waals surface area contributed by atoms with Crippen LogP contribution in [0.15, 0.2) is 18.2 Å². The van der Waals surface area contributed by atoms with E-state index in [4.69, 9.17) is 5.14 Å². The number of primary sulfonamides is 1. The lowest BCUT2D eigenvalue weighted by Crippen LogP contribution is -2.18. The number of nitrogens with one attached hydrogen (secondary N) is 2. The zero-order chi connectivity index (χ0) is 15.2. The van der Waals surface area contributed by atoms with Gasteiger partial charge in [-0.2, -0.15) is 0 Å². The average molecular weight is 302 g/mol. The number of nitrogens with two attached hydrogens (primary N) is 1. The second kappa shape index (κ2) is 7.06. The van der Waals surface area contributed by atoms with Crippen molar-refractivity contribution in [2.45, 2.75) is 13.3 Å². The molecule has 0 aliphatic heterocycles. The molecule has 20 heavy (non-hydrogen) atoms. The van der Waals surface area contributed by atoms with Gasteiger partial charge in [0.15, 0.2) is 0 Å². The highest BCUT2D eigenvalue weighted by Gasteiger charge is 2.09. The molecule has 0 unspecified atom stereocenters. The smallest absolute Gasteiger partial charge is 0.273 e. The van der Waals surface area contributed by atoms with Gasteiger partial charge in [-0.05, 0) is 19.4 Å². The Kier molecular flexibility index (Phi) is 5.71. The molecule has 8 nitrogen and oxygen atoms in total. The SMILES string of the molecule is CCNc1cc(NCCCS(N)(=O)=O)cc([N+](=O)[O-])c1. The number of nitro benzene ring substituents is 1. The largest absolute Gasteiger partial charge is 0.385 e. The van der Waals surface area contributed by atoms with Crippen molar-refractivity contribution in [3.05, 3.63) is 28.3 Å². The van der Waals surface area contributed by atoms with Crippen molar-refractivity contribution < 1.29 is 13.3 Å². The lowest BCUT2D eigenvalue weighted by molar-refractivity contribution is -0.384. The van der Waals surface area contributed by atoms with Crippen LogP contribution in [0.3, 0.4) is 0 Å². The standard InChI is InChI=1S/C11H18N4O4S/c1-2-13-9-6-10(8-11(7-9)15(16)17)14-4-3-5-20(12,18)19/h6-8,13-14H,2-5H2,1H3,(H2,12,18,19). The summed E-state index contributed by atoms with van der Waals surface area (Å²) in [6.07, 6.45) is 0.331. The molecule has 4 N–H and O–H groups in total. The minimum atomic E-state index is -3.48. The van der Waals surface area contributed by atoms with Gasteiger partial charge in [-0.1, -0.05) is 0 Å². The van der Waals surface area contributed by atoms with Crippen LogP contribution in [0.4, 0.5) is 17.1 Å². The number of rotatable bonds is 8. The fourth-order valence-corrected chi connectivity index (χ4v) is 2.18. The second-order valence-electron chi connectivity index (χ2n) is 4.20. The third-order valence-corrected chi connectivity index (χ3v) is 3.30. The van der Waals surface area contributed by atoms with Crippen LogP contribution in [0.2, 0.25) is 0 Å². The van der Waals surface area contributed by atoms with Gasteiger partial charge in [0.25, 0.3) is 5.69 Å². The van der Waals surface area contributed by atoms with Crippen LogP contribution < -0.4 is 15.8 Å². The summed E-state index contributed by atoms with van der Waals surface area (Å²) in [5, 5.41) is 21.7. The highest BCUT2D eigenvalue weighted by atomic mass is 32.2. The molecule has 9 heteroatoms. The van der Waals surface area contributed by atoms with Gasteiger partial charge >= 0.3 is 0 Å². The summed E-state index contributed by atoms with van der Waals surface area (Å²) in [5.74, 6) is -0.130. The molecule has 0 aliphatic rings. The van der Waals surface area contributed by atoms with E-state index in [1.807, 2.05) is 6.92 Å². The Morgan fingerprint density at radius 3 is 2.35 bits per heavy atom. The van der Waals surface area contributed by atoms with Gasteiger partial charge < -0.3 is 10.6 Å². The van der Waals surface area contributed by atoms with Gasteiger partial charge in [0.2, 0.25) is 10.0 Å². The molecule has 0 aromatic heterocycles. The van der Waals surface area contributed by atoms with Gasteiger partial charge in [-0.3, -0.25) is 10.1 Å².